The van der Waals surface area contributed by atoms with Gasteiger partial charge in [-0.15, -0.1) is 0 Å². The quantitative estimate of drug-likeness (QED) is 0.370. The molecule has 0 atom stereocenters. The second kappa shape index (κ2) is 5.08. The summed E-state index contributed by atoms with van der Waals surface area (Å²) in [6.07, 6.45) is 1.93. The lowest BCUT2D eigenvalue weighted by Gasteiger charge is -2.08. The summed E-state index contributed by atoms with van der Waals surface area (Å²) in [5.41, 5.74) is 4.28. The SMILES string of the molecule is Clc1cccc2c1c1ccccc1n2-c1cnc2ccccc2c1. The standard InChI is InChI=1S/C21H13ClN2/c22-17-8-5-11-20-21(17)16-7-2-4-10-19(16)24(20)15-12-14-6-1-3-9-18(14)23-13-15/h1-13H. The van der Waals surface area contributed by atoms with Crippen LogP contribution in [0.25, 0.3) is 38.4 Å². The smallest absolute Gasteiger partial charge is 0.0703 e. The van der Waals surface area contributed by atoms with Gasteiger partial charge in [-0.25, -0.2) is 0 Å². The van der Waals surface area contributed by atoms with E-state index in [0.29, 0.717) is 0 Å². The highest BCUT2D eigenvalue weighted by Crippen LogP contribution is 2.36. The maximum atomic E-state index is 6.50. The zero-order valence-corrected chi connectivity index (χ0v) is 13.5. The molecule has 0 radical (unpaired) electrons. The van der Waals surface area contributed by atoms with Crippen LogP contribution in [-0.4, -0.2) is 9.55 Å². The lowest BCUT2D eigenvalue weighted by atomic mass is 10.1. The van der Waals surface area contributed by atoms with Gasteiger partial charge in [0.2, 0.25) is 0 Å². The Kier molecular flexibility index (Phi) is 2.88. The second-order valence-corrected chi connectivity index (χ2v) is 6.28. The first-order valence-corrected chi connectivity index (χ1v) is 8.23. The number of hydrogen-bond donors (Lipinski definition) is 0. The molecule has 5 rings (SSSR count). The summed E-state index contributed by atoms with van der Waals surface area (Å²) in [4.78, 5) is 4.62. The number of benzene rings is 3. The van der Waals surface area contributed by atoms with Crippen LogP contribution in [0.1, 0.15) is 0 Å². The number of rotatable bonds is 1. The van der Waals surface area contributed by atoms with Gasteiger partial charge in [-0.3, -0.25) is 4.98 Å². The summed E-state index contributed by atoms with van der Waals surface area (Å²) in [7, 11) is 0. The monoisotopic (exact) mass is 328 g/mol. The Morgan fingerprint density at radius 1 is 0.792 bits per heavy atom. The van der Waals surface area contributed by atoms with E-state index >= 15 is 0 Å². The Morgan fingerprint density at radius 2 is 1.58 bits per heavy atom. The van der Waals surface area contributed by atoms with Gasteiger partial charge in [0.15, 0.2) is 0 Å². The summed E-state index contributed by atoms with van der Waals surface area (Å²) >= 11 is 6.50. The highest BCUT2D eigenvalue weighted by atomic mass is 35.5. The molecule has 0 aliphatic rings. The van der Waals surface area contributed by atoms with E-state index in [-0.39, 0.29) is 0 Å². The van der Waals surface area contributed by atoms with Crippen LogP contribution in [0.2, 0.25) is 5.02 Å². The Balaban J connectivity index is 1.95. The van der Waals surface area contributed by atoms with E-state index in [1.165, 1.54) is 0 Å². The van der Waals surface area contributed by atoms with Gasteiger partial charge in [0.05, 0.1) is 33.5 Å². The van der Waals surface area contributed by atoms with E-state index in [1.807, 2.05) is 42.6 Å². The van der Waals surface area contributed by atoms with Crippen molar-refractivity contribution >= 4 is 44.3 Å². The molecule has 0 fully saturated rings. The third kappa shape index (κ3) is 1.87. The van der Waals surface area contributed by atoms with Crippen LogP contribution in [0.4, 0.5) is 0 Å². The number of para-hydroxylation sites is 2. The zero-order valence-electron chi connectivity index (χ0n) is 12.8. The van der Waals surface area contributed by atoms with E-state index in [1.54, 1.807) is 0 Å². The second-order valence-electron chi connectivity index (χ2n) is 5.87. The molecule has 114 valence electrons. The molecule has 2 aromatic heterocycles. The molecule has 0 aliphatic heterocycles. The highest BCUT2D eigenvalue weighted by Gasteiger charge is 2.14. The van der Waals surface area contributed by atoms with E-state index in [2.05, 4.69) is 45.9 Å². The van der Waals surface area contributed by atoms with Crippen molar-refractivity contribution in [3.63, 3.8) is 0 Å². The minimum absolute atomic E-state index is 0.774. The van der Waals surface area contributed by atoms with Crippen LogP contribution in [0.3, 0.4) is 0 Å². The van der Waals surface area contributed by atoms with Crippen molar-refractivity contribution in [2.24, 2.45) is 0 Å². The van der Waals surface area contributed by atoms with Gasteiger partial charge in [-0.1, -0.05) is 54.1 Å². The lowest BCUT2D eigenvalue weighted by molar-refractivity contribution is 1.16. The fourth-order valence-electron chi connectivity index (χ4n) is 3.44. The van der Waals surface area contributed by atoms with Crippen molar-refractivity contribution in [2.45, 2.75) is 0 Å². The molecule has 0 bridgehead atoms. The normalized spacial score (nSPS) is 11.5. The van der Waals surface area contributed by atoms with Gasteiger partial charge in [-0.05, 0) is 30.3 Å². The molecule has 24 heavy (non-hydrogen) atoms. The minimum atomic E-state index is 0.774. The number of pyridine rings is 1. The molecule has 0 N–H and O–H groups in total. The van der Waals surface area contributed by atoms with Crippen molar-refractivity contribution < 1.29 is 0 Å². The molecule has 3 aromatic carbocycles. The van der Waals surface area contributed by atoms with Gasteiger partial charge < -0.3 is 4.57 Å². The first-order valence-electron chi connectivity index (χ1n) is 7.86. The predicted octanol–water partition coefficient (Wildman–Crippen LogP) is 5.99. The summed E-state index contributed by atoms with van der Waals surface area (Å²) < 4.78 is 2.23. The molecule has 2 nitrogen and oxygen atoms in total. The van der Waals surface area contributed by atoms with Gasteiger partial charge in [0.1, 0.15) is 0 Å². The number of hydrogen-bond acceptors (Lipinski definition) is 1. The predicted molar refractivity (Wildman–Crippen MR) is 101 cm³/mol. The lowest BCUT2D eigenvalue weighted by Crippen LogP contribution is -1.95. The van der Waals surface area contributed by atoms with E-state index in [9.17, 15) is 0 Å². The average Bonchev–Trinajstić information content (AvgIpc) is 2.97. The molecular formula is C21H13ClN2. The van der Waals surface area contributed by atoms with E-state index in [4.69, 9.17) is 11.6 Å². The number of halogens is 1. The highest BCUT2D eigenvalue weighted by molar-refractivity contribution is 6.38. The van der Waals surface area contributed by atoms with Crippen LogP contribution < -0.4 is 0 Å². The third-order valence-corrected chi connectivity index (χ3v) is 4.80. The van der Waals surface area contributed by atoms with E-state index in [0.717, 1.165) is 43.4 Å². The molecule has 3 heteroatoms. The van der Waals surface area contributed by atoms with Gasteiger partial charge >= 0.3 is 0 Å². The van der Waals surface area contributed by atoms with Crippen molar-refractivity contribution in [1.82, 2.24) is 9.55 Å². The average molecular weight is 329 g/mol. The molecule has 0 spiro atoms. The van der Waals surface area contributed by atoms with Crippen LogP contribution in [-0.2, 0) is 0 Å². The number of aromatic nitrogens is 2. The van der Waals surface area contributed by atoms with E-state index < -0.39 is 0 Å². The summed E-state index contributed by atoms with van der Waals surface area (Å²) in [5.74, 6) is 0. The molecule has 0 amide bonds. The Morgan fingerprint density at radius 3 is 2.54 bits per heavy atom. The third-order valence-electron chi connectivity index (χ3n) is 4.48. The zero-order chi connectivity index (χ0) is 16.1. The number of nitrogens with zero attached hydrogens (tertiary/aromatic N) is 2. The van der Waals surface area contributed by atoms with Crippen molar-refractivity contribution in [1.29, 1.82) is 0 Å². The fraction of sp³-hybridized carbons (Fsp3) is 0. The number of fused-ring (bicyclic) bond motifs is 4. The van der Waals surface area contributed by atoms with Crippen LogP contribution in [0.15, 0.2) is 79.0 Å². The van der Waals surface area contributed by atoms with Gasteiger partial charge in [0.25, 0.3) is 0 Å². The first-order chi connectivity index (χ1) is 11.8. The topological polar surface area (TPSA) is 17.8 Å². The maximum Gasteiger partial charge on any atom is 0.0703 e. The minimum Gasteiger partial charge on any atom is -0.308 e. The molecule has 0 saturated carbocycles. The van der Waals surface area contributed by atoms with Crippen LogP contribution in [0.5, 0.6) is 0 Å². The van der Waals surface area contributed by atoms with Gasteiger partial charge in [-0.2, -0.15) is 0 Å². The van der Waals surface area contributed by atoms with Crippen LogP contribution in [0, 0.1) is 0 Å². The Bertz CT molecular complexity index is 1220. The first kappa shape index (κ1) is 13.6. The van der Waals surface area contributed by atoms with Crippen molar-refractivity contribution in [3.8, 4) is 5.69 Å². The summed E-state index contributed by atoms with van der Waals surface area (Å²) in [6, 6.07) is 24.7. The fourth-order valence-corrected chi connectivity index (χ4v) is 3.71. The summed E-state index contributed by atoms with van der Waals surface area (Å²) in [6.45, 7) is 0. The molecule has 2 heterocycles. The molecular weight excluding hydrogens is 316 g/mol. The molecule has 0 aliphatic carbocycles. The summed E-state index contributed by atoms with van der Waals surface area (Å²) in [5, 5.41) is 4.15. The maximum absolute atomic E-state index is 6.50. The largest absolute Gasteiger partial charge is 0.308 e. The molecule has 5 aromatic rings. The Labute approximate surface area is 143 Å². The van der Waals surface area contributed by atoms with Gasteiger partial charge in [0, 0.05) is 16.2 Å². The molecule has 0 unspecified atom stereocenters. The van der Waals surface area contributed by atoms with Crippen molar-refractivity contribution in [2.75, 3.05) is 0 Å². The molecule has 0 saturated heterocycles. The Hall–Kier alpha value is -2.84. The van der Waals surface area contributed by atoms with Crippen molar-refractivity contribution in [3.05, 3.63) is 84.0 Å². The van der Waals surface area contributed by atoms with Crippen LogP contribution >= 0.6 is 11.6 Å².